The normalized spacial score (nSPS) is 16.4. The summed E-state index contributed by atoms with van der Waals surface area (Å²) < 4.78 is 5.14. The highest BCUT2D eigenvalue weighted by atomic mass is 16.5. The summed E-state index contributed by atoms with van der Waals surface area (Å²) >= 11 is 0. The van der Waals surface area contributed by atoms with Crippen LogP contribution in [0.2, 0.25) is 0 Å². The Labute approximate surface area is 124 Å². The first-order chi connectivity index (χ1) is 10.2. The van der Waals surface area contributed by atoms with Gasteiger partial charge in [0.25, 0.3) is 0 Å². The summed E-state index contributed by atoms with van der Waals surface area (Å²) in [6.07, 6.45) is 2.71. The summed E-state index contributed by atoms with van der Waals surface area (Å²) in [5, 5.41) is 12.8. The van der Waals surface area contributed by atoms with E-state index in [4.69, 9.17) is 9.63 Å². The fraction of sp³-hybridized carbons (Fsp3) is 0.786. The Bertz CT molecular complexity index is 441. The first kappa shape index (κ1) is 15.9. The minimum absolute atomic E-state index is 0.133. The Morgan fingerprint density at radius 2 is 2.05 bits per heavy atom. The van der Waals surface area contributed by atoms with Crippen LogP contribution in [-0.2, 0) is 17.6 Å². The van der Waals surface area contributed by atoms with Crippen molar-refractivity contribution in [2.45, 2.75) is 32.6 Å². The van der Waals surface area contributed by atoms with Crippen LogP contribution in [0.1, 0.15) is 31.5 Å². The fourth-order valence-electron chi connectivity index (χ4n) is 2.45. The average molecular weight is 296 g/mol. The molecule has 0 unspecified atom stereocenters. The zero-order valence-corrected chi connectivity index (χ0v) is 12.6. The zero-order chi connectivity index (χ0) is 15.1. The van der Waals surface area contributed by atoms with Crippen molar-refractivity contribution in [3.8, 4) is 0 Å². The van der Waals surface area contributed by atoms with E-state index in [1.165, 1.54) is 0 Å². The van der Waals surface area contributed by atoms with Crippen LogP contribution in [0.15, 0.2) is 4.52 Å². The lowest BCUT2D eigenvalue weighted by Gasteiger charge is -2.34. The van der Waals surface area contributed by atoms with E-state index >= 15 is 0 Å². The van der Waals surface area contributed by atoms with Crippen molar-refractivity contribution >= 4 is 5.91 Å². The molecule has 21 heavy (non-hydrogen) atoms. The standard InChI is InChI=1S/C14H24N4O3/c1-2-3-12-15-13(21-16-12)4-5-14(20)18-8-6-17(7-9-18)10-11-19/h19H,2-11H2,1H3. The zero-order valence-electron chi connectivity index (χ0n) is 12.6. The van der Waals surface area contributed by atoms with Crippen molar-refractivity contribution < 1.29 is 14.4 Å². The molecule has 1 aliphatic heterocycles. The maximum Gasteiger partial charge on any atom is 0.227 e. The van der Waals surface area contributed by atoms with Crippen LogP contribution < -0.4 is 0 Å². The minimum Gasteiger partial charge on any atom is -0.395 e. The molecular weight excluding hydrogens is 272 g/mol. The predicted octanol–water partition coefficient (Wildman–Crippen LogP) is 0.0912. The van der Waals surface area contributed by atoms with Crippen LogP contribution in [0.25, 0.3) is 0 Å². The quantitative estimate of drug-likeness (QED) is 0.768. The van der Waals surface area contributed by atoms with E-state index in [0.29, 0.717) is 25.3 Å². The van der Waals surface area contributed by atoms with Crippen molar-refractivity contribution in [2.24, 2.45) is 0 Å². The van der Waals surface area contributed by atoms with Gasteiger partial charge in [-0.2, -0.15) is 4.98 Å². The maximum atomic E-state index is 12.1. The summed E-state index contributed by atoms with van der Waals surface area (Å²) in [5.74, 6) is 1.40. The Morgan fingerprint density at radius 1 is 1.29 bits per heavy atom. The second kappa shape index (κ2) is 8.09. The molecular formula is C14H24N4O3. The third-order valence-corrected chi connectivity index (χ3v) is 3.68. The average Bonchev–Trinajstić information content (AvgIpc) is 2.94. The number of carbonyl (C=O) groups excluding carboxylic acids is 1. The number of β-amino-alcohol motifs (C(OH)–C–C–N with tert-alkyl or cyclic N) is 1. The highest BCUT2D eigenvalue weighted by Crippen LogP contribution is 2.07. The fourth-order valence-corrected chi connectivity index (χ4v) is 2.45. The molecule has 0 atom stereocenters. The molecule has 0 spiro atoms. The molecule has 0 saturated carbocycles. The molecule has 0 aliphatic carbocycles. The van der Waals surface area contributed by atoms with Crippen LogP contribution in [-0.4, -0.2) is 70.3 Å². The van der Waals surface area contributed by atoms with Gasteiger partial charge in [-0.1, -0.05) is 12.1 Å². The topological polar surface area (TPSA) is 82.7 Å². The van der Waals surface area contributed by atoms with Crippen molar-refractivity contribution in [3.05, 3.63) is 11.7 Å². The van der Waals surface area contributed by atoms with Gasteiger partial charge in [-0.3, -0.25) is 9.69 Å². The summed E-state index contributed by atoms with van der Waals surface area (Å²) in [7, 11) is 0. The smallest absolute Gasteiger partial charge is 0.227 e. The molecule has 1 saturated heterocycles. The first-order valence-electron chi connectivity index (χ1n) is 7.65. The van der Waals surface area contributed by atoms with Crippen LogP contribution >= 0.6 is 0 Å². The second-order valence-corrected chi connectivity index (χ2v) is 5.30. The molecule has 7 nitrogen and oxygen atoms in total. The van der Waals surface area contributed by atoms with Crippen molar-refractivity contribution in [1.29, 1.82) is 0 Å². The number of nitrogens with zero attached hydrogens (tertiary/aromatic N) is 4. The van der Waals surface area contributed by atoms with Gasteiger partial charge < -0.3 is 14.5 Å². The number of hydrogen-bond acceptors (Lipinski definition) is 6. The molecule has 0 radical (unpaired) electrons. The van der Waals surface area contributed by atoms with Gasteiger partial charge in [0.15, 0.2) is 5.82 Å². The SMILES string of the molecule is CCCc1noc(CCC(=O)N2CCN(CCO)CC2)n1. The molecule has 118 valence electrons. The molecule has 0 aromatic carbocycles. The largest absolute Gasteiger partial charge is 0.395 e. The van der Waals surface area contributed by atoms with Crippen molar-refractivity contribution in [2.75, 3.05) is 39.3 Å². The Kier molecular flexibility index (Phi) is 6.13. The molecule has 1 aromatic heterocycles. The van der Waals surface area contributed by atoms with Crippen molar-refractivity contribution in [3.63, 3.8) is 0 Å². The lowest BCUT2D eigenvalue weighted by molar-refractivity contribution is -0.133. The summed E-state index contributed by atoms with van der Waals surface area (Å²) in [6, 6.07) is 0. The minimum atomic E-state index is 0.133. The molecule has 2 rings (SSSR count). The van der Waals surface area contributed by atoms with Crippen LogP contribution in [0.4, 0.5) is 0 Å². The number of rotatable bonds is 7. The molecule has 1 aliphatic rings. The van der Waals surface area contributed by atoms with Crippen LogP contribution in [0.3, 0.4) is 0 Å². The third kappa shape index (κ3) is 4.78. The van der Waals surface area contributed by atoms with Crippen LogP contribution in [0.5, 0.6) is 0 Å². The van der Waals surface area contributed by atoms with Crippen molar-refractivity contribution in [1.82, 2.24) is 19.9 Å². The number of aliphatic hydroxyl groups is 1. The highest BCUT2D eigenvalue weighted by molar-refractivity contribution is 5.76. The number of amides is 1. The number of aryl methyl sites for hydroxylation is 2. The number of aromatic nitrogens is 2. The van der Waals surface area contributed by atoms with E-state index in [1.54, 1.807) is 0 Å². The Balaban J connectivity index is 1.72. The number of carbonyl (C=O) groups is 1. The monoisotopic (exact) mass is 296 g/mol. The van der Waals surface area contributed by atoms with E-state index in [-0.39, 0.29) is 12.5 Å². The molecule has 1 N–H and O–H groups in total. The third-order valence-electron chi connectivity index (χ3n) is 3.68. The van der Waals surface area contributed by atoms with E-state index in [9.17, 15) is 4.79 Å². The summed E-state index contributed by atoms with van der Waals surface area (Å²) in [4.78, 5) is 20.4. The molecule has 1 fully saturated rings. The molecule has 1 aromatic rings. The van der Waals surface area contributed by atoms with Gasteiger partial charge >= 0.3 is 0 Å². The van der Waals surface area contributed by atoms with Crippen LogP contribution in [0, 0.1) is 0 Å². The van der Waals surface area contributed by atoms with E-state index in [1.807, 2.05) is 4.90 Å². The van der Waals surface area contributed by atoms with Gasteiger partial charge in [0.05, 0.1) is 6.61 Å². The number of aliphatic hydroxyl groups excluding tert-OH is 1. The maximum absolute atomic E-state index is 12.1. The lowest BCUT2D eigenvalue weighted by Crippen LogP contribution is -2.49. The summed E-state index contributed by atoms with van der Waals surface area (Å²) in [5.41, 5.74) is 0. The lowest BCUT2D eigenvalue weighted by atomic mass is 10.2. The Hall–Kier alpha value is -1.47. The van der Waals surface area contributed by atoms with E-state index in [0.717, 1.165) is 44.8 Å². The van der Waals surface area contributed by atoms with Gasteiger partial charge in [0.2, 0.25) is 11.8 Å². The summed E-state index contributed by atoms with van der Waals surface area (Å²) in [6.45, 7) is 6.03. The van der Waals surface area contributed by atoms with Gasteiger partial charge in [0, 0.05) is 52.0 Å². The number of hydrogen-bond donors (Lipinski definition) is 1. The highest BCUT2D eigenvalue weighted by Gasteiger charge is 2.21. The van der Waals surface area contributed by atoms with E-state index in [2.05, 4.69) is 22.0 Å². The molecule has 0 bridgehead atoms. The predicted molar refractivity (Wildman–Crippen MR) is 76.7 cm³/mol. The van der Waals surface area contributed by atoms with Gasteiger partial charge in [0.1, 0.15) is 0 Å². The number of piperazine rings is 1. The van der Waals surface area contributed by atoms with Gasteiger partial charge in [-0.15, -0.1) is 0 Å². The molecule has 1 amide bonds. The second-order valence-electron chi connectivity index (χ2n) is 5.30. The first-order valence-corrected chi connectivity index (χ1v) is 7.65. The Morgan fingerprint density at radius 3 is 2.71 bits per heavy atom. The molecule has 7 heteroatoms. The molecule has 2 heterocycles. The van der Waals surface area contributed by atoms with E-state index < -0.39 is 0 Å². The van der Waals surface area contributed by atoms with Gasteiger partial charge in [-0.25, -0.2) is 0 Å². The van der Waals surface area contributed by atoms with Gasteiger partial charge in [-0.05, 0) is 6.42 Å².